The molecule has 1 N–H and O–H groups in total. The molecule has 6 nitrogen and oxygen atoms in total. The Hall–Kier alpha value is -2.99. The highest BCUT2D eigenvalue weighted by molar-refractivity contribution is 6.30. The second-order valence-electron chi connectivity index (χ2n) is 4.81. The van der Waals surface area contributed by atoms with E-state index < -0.39 is 0 Å². The molecular weight excluding hydrogens is 314 g/mol. The lowest BCUT2D eigenvalue weighted by Crippen LogP contribution is -1.84. The van der Waals surface area contributed by atoms with Crippen molar-refractivity contribution < 1.29 is 4.52 Å². The van der Waals surface area contributed by atoms with Crippen molar-refractivity contribution in [1.29, 1.82) is 0 Å². The third-order valence-electron chi connectivity index (χ3n) is 3.27. The Labute approximate surface area is 136 Å². The van der Waals surface area contributed by atoms with Crippen molar-refractivity contribution in [3.63, 3.8) is 0 Å². The first-order valence-electron chi connectivity index (χ1n) is 6.86. The van der Waals surface area contributed by atoms with E-state index in [4.69, 9.17) is 16.1 Å². The molecule has 1 aromatic carbocycles. The van der Waals surface area contributed by atoms with Crippen LogP contribution in [-0.2, 0) is 0 Å². The number of nitrogens with zero attached hydrogens (tertiary/aromatic N) is 4. The molecule has 3 heterocycles. The first-order valence-corrected chi connectivity index (χ1v) is 7.24. The van der Waals surface area contributed by atoms with Crippen LogP contribution < -0.4 is 0 Å². The van der Waals surface area contributed by atoms with Gasteiger partial charge in [-0.25, -0.2) is 0 Å². The minimum Gasteiger partial charge on any atom is -0.332 e. The number of halogens is 1. The van der Waals surface area contributed by atoms with Gasteiger partial charge in [-0.15, -0.1) is 0 Å². The molecule has 0 amide bonds. The number of aromatic nitrogens is 5. The molecule has 0 spiro atoms. The van der Waals surface area contributed by atoms with Crippen LogP contribution in [0, 0.1) is 0 Å². The van der Waals surface area contributed by atoms with Crippen molar-refractivity contribution in [3.8, 4) is 34.4 Å². The molecule has 3 aromatic heterocycles. The maximum absolute atomic E-state index is 5.89. The van der Waals surface area contributed by atoms with Gasteiger partial charge in [-0.1, -0.05) is 35.0 Å². The van der Waals surface area contributed by atoms with Gasteiger partial charge in [0.15, 0.2) is 0 Å². The summed E-state index contributed by atoms with van der Waals surface area (Å²) in [6, 6.07) is 14.8. The Morgan fingerprint density at radius 1 is 1.00 bits per heavy atom. The van der Waals surface area contributed by atoms with E-state index in [2.05, 4.69) is 25.3 Å². The number of pyridine rings is 1. The lowest BCUT2D eigenvalue weighted by atomic mass is 10.1. The predicted molar refractivity (Wildman–Crippen MR) is 85.6 cm³/mol. The van der Waals surface area contributed by atoms with Gasteiger partial charge in [-0.05, 0) is 30.3 Å². The summed E-state index contributed by atoms with van der Waals surface area (Å²) >= 11 is 5.89. The number of rotatable bonds is 3. The molecule has 0 unspecified atom stereocenters. The van der Waals surface area contributed by atoms with Crippen molar-refractivity contribution in [2.75, 3.05) is 0 Å². The Morgan fingerprint density at radius 3 is 2.65 bits per heavy atom. The Kier molecular flexibility index (Phi) is 3.36. The number of aromatic amines is 1. The minimum absolute atomic E-state index is 0.360. The zero-order chi connectivity index (χ0) is 15.6. The average molecular weight is 324 g/mol. The molecule has 0 fully saturated rings. The SMILES string of the molecule is Clc1ccc(-c2cc(-c3nc(-c4ccccn4)no3)[nH]n2)cc1. The van der Waals surface area contributed by atoms with Crippen molar-refractivity contribution in [1.82, 2.24) is 25.3 Å². The highest BCUT2D eigenvalue weighted by Gasteiger charge is 2.14. The van der Waals surface area contributed by atoms with Gasteiger partial charge >= 0.3 is 0 Å². The molecule has 7 heteroatoms. The van der Waals surface area contributed by atoms with E-state index in [-0.39, 0.29) is 0 Å². The van der Waals surface area contributed by atoms with Crippen LogP contribution in [0.3, 0.4) is 0 Å². The molecule has 23 heavy (non-hydrogen) atoms. The van der Waals surface area contributed by atoms with Crippen LogP contribution in [0.5, 0.6) is 0 Å². The smallest absolute Gasteiger partial charge is 0.276 e. The largest absolute Gasteiger partial charge is 0.332 e. The molecule has 0 saturated heterocycles. The summed E-state index contributed by atoms with van der Waals surface area (Å²) in [5.74, 6) is 0.793. The van der Waals surface area contributed by atoms with Crippen LogP contribution in [0.2, 0.25) is 5.02 Å². The number of nitrogens with one attached hydrogen (secondary N) is 1. The molecule has 4 aromatic rings. The summed E-state index contributed by atoms with van der Waals surface area (Å²) in [7, 11) is 0. The van der Waals surface area contributed by atoms with Gasteiger partial charge in [0, 0.05) is 16.8 Å². The van der Waals surface area contributed by atoms with E-state index in [9.17, 15) is 0 Å². The molecular formula is C16H10ClN5O. The van der Waals surface area contributed by atoms with Crippen LogP contribution in [-0.4, -0.2) is 25.3 Å². The standard InChI is InChI=1S/C16H10ClN5O/c17-11-6-4-10(5-7-11)13-9-14(21-20-13)16-19-15(22-23-16)12-3-1-2-8-18-12/h1-9H,(H,20,21). The van der Waals surface area contributed by atoms with Crippen molar-refractivity contribution in [2.45, 2.75) is 0 Å². The summed E-state index contributed by atoms with van der Waals surface area (Å²) < 4.78 is 5.28. The quantitative estimate of drug-likeness (QED) is 0.619. The summed E-state index contributed by atoms with van der Waals surface area (Å²) in [6.07, 6.45) is 1.68. The van der Waals surface area contributed by atoms with Crippen LogP contribution >= 0.6 is 11.6 Å². The topological polar surface area (TPSA) is 80.5 Å². The van der Waals surface area contributed by atoms with Crippen molar-refractivity contribution in [3.05, 3.63) is 59.8 Å². The molecule has 0 saturated carbocycles. The van der Waals surface area contributed by atoms with Gasteiger partial charge < -0.3 is 4.52 Å². The highest BCUT2D eigenvalue weighted by Crippen LogP contribution is 2.25. The first-order chi connectivity index (χ1) is 11.3. The fraction of sp³-hybridized carbons (Fsp3) is 0. The van der Waals surface area contributed by atoms with Gasteiger partial charge in [-0.3, -0.25) is 10.1 Å². The number of hydrogen-bond acceptors (Lipinski definition) is 5. The second-order valence-corrected chi connectivity index (χ2v) is 5.25. The molecule has 0 aliphatic carbocycles. The van der Waals surface area contributed by atoms with Gasteiger partial charge in [0.1, 0.15) is 11.4 Å². The summed E-state index contributed by atoms with van der Waals surface area (Å²) in [5.41, 5.74) is 3.01. The van der Waals surface area contributed by atoms with E-state index in [1.54, 1.807) is 6.20 Å². The van der Waals surface area contributed by atoms with Gasteiger partial charge in [0.2, 0.25) is 5.82 Å². The number of hydrogen-bond donors (Lipinski definition) is 1. The van der Waals surface area contributed by atoms with E-state index in [1.165, 1.54) is 0 Å². The molecule has 0 aliphatic rings. The van der Waals surface area contributed by atoms with Crippen LogP contribution in [0.1, 0.15) is 0 Å². The summed E-state index contributed by atoms with van der Waals surface area (Å²) in [4.78, 5) is 8.53. The third-order valence-corrected chi connectivity index (χ3v) is 3.52. The van der Waals surface area contributed by atoms with Crippen LogP contribution in [0.4, 0.5) is 0 Å². The lowest BCUT2D eigenvalue weighted by Gasteiger charge is -1.94. The van der Waals surface area contributed by atoms with Gasteiger partial charge in [0.25, 0.3) is 5.89 Å². The van der Waals surface area contributed by atoms with Crippen LogP contribution in [0.25, 0.3) is 34.4 Å². The van der Waals surface area contributed by atoms with E-state index in [1.807, 2.05) is 48.5 Å². The van der Waals surface area contributed by atoms with E-state index in [0.717, 1.165) is 11.3 Å². The molecule has 0 aliphatic heterocycles. The average Bonchev–Trinajstić information content (AvgIpc) is 3.26. The monoisotopic (exact) mass is 323 g/mol. The van der Waals surface area contributed by atoms with Crippen LogP contribution in [0.15, 0.2) is 59.3 Å². The maximum Gasteiger partial charge on any atom is 0.276 e. The zero-order valence-electron chi connectivity index (χ0n) is 11.8. The highest BCUT2D eigenvalue weighted by atomic mass is 35.5. The second kappa shape index (κ2) is 5.66. The normalized spacial score (nSPS) is 10.8. The number of benzene rings is 1. The maximum atomic E-state index is 5.89. The fourth-order valence-corrected chi connectivity index (χ4v) is 2.26. The van der Waals surface area contributed by atoms with Crippen molar-refractivity contribution >= 4 is 11.6 Å². The van der Waals surface area contributed by atoms with Crippen molar-refractivity contribution in [2.24, 2.45) is 0 Å². The predicted octanol–water partition coefficient (Wildman–Crippen LogP) is 3.84. The van der Waals surface area contributed by atoms with Gasteiger partial charge in [0.05, 0.1) is 5.69 Å². The Bertz CT molecular complexity index is 931. The molecule has 0 radical (unpaired) electrons. The molecule has 4 rings (SSSR count). The van der Waals surface area contributed by atoms with E-state index in [0.29, 0.717) is 28.1 Å². The lowest BCUT2D eigenvalue weighted by molar-refractivity contribution is 0.430. The van der Waals surface area contributed by atoms with Gasteiger partial charge in [-0.2, -0.15) is 10.1 Å². The fourth-order valence-electron chi connectivity index (χ4n) is 2.13. The van der Waals surface area contributed by atoms with E-state index >= 15 is 0 Å². The first kappa shape index (κ1) is 13.7. The molecule has 0 bridgehead atoms. The zero-order valence-corrected chi connectivity index (χ0v) is 12.5. The Balaban J connectivity index is 1.65. The molecule has 0 atom stereocenters. The third kappa shape index (κ3) is 2.72. The number of H-pyrrole nitrogens is 1. The Morgan fingerprint density at radius 2 is 1.87 bits per heavy atom. The summed E-state index contributed by atoms with van der Waals surface area (Å²) in [6.45, 7) is 0. The summed E-state index contributed by atoms with van der Waals surface area (Å²) in [5, 5.41) is 11.8. The minimum atomic E-state index is 0.360. The molecule has 112 valence electrons.